The molecule has 2 aromatic carbocycles. The lowest BCUT2D eigenvalue weighted by atomic mass is 10.2. The van der Waals surface area contributed by atoms with E-state index in [9.17, 15) is 9.59 Å². The fourth-order valence-corrected chi connectivity index (χ4v) is 2.23. The first-order valence-electron chi connectivity index (χ1n) is 8.67. The zero-order valence-corrected chi connectivity index (χ0v) is 14.6. The molecule has 0 aliphatic carbocycles. The first-order chi connectivity index (χ1) is 12.7. The van der Waals surface area contributed by atoms with Crippen molar-refractivity contribution in [3.63, 3.8) is 0 Å². The molecule has 138 valence electrons. The van der Waals surface area contributed by atoms with Crippen LogP contribution >= 0.6 is 0 Å². The Hall–Kier alpha value is -2.70. The molecule has 26 heavy (non-hydrogen) atoms. The van der Waals surface area contributed by atoms with Crippen LogP contribution in [0.2, 0.25) is 0 Å². The minimum atomic E-state index is -0.337. The molecule has 0 aromatic heterocycles. The monoisotopic (exact) mass is 356 g/mol. The van der Waals surface area contributed by atoms with Crippen LogP contribution < -0.4 is 11.0 Å². The van der Waals surface area contributed by atoms with Gasteiger partial charge in [0, 0.05) is 12.8 Å². The van der Waals surface area contributed by atoms with Crippen LogP contribution in [0.25, 0.3) is 0 Å². The predicted molar refractivity (Wildman–Crippen MR) is 97.2 cm³/mol. The Morgan fingerprint density at radius 2 is 1.04 bits per heavy atom. The van der Waals surface area contributed by atoms with Crippen molar-refractivity contribution >= 4 is 11.9 Å². The van der Waals surface area contributed by atoms with Crippen LogP contribution in [0, 0.1) is 0 Å². The molecule has 6 nitrogen and oxygen atoms in total. The van der Waals surface area contributed by atoms with Crippen LogP contribution in [0.5, 0.6) is 0 Å². The molecule has 2 N–H and O–H groups in total. The second-order valence-corrected chi connectivity index (χ2v) is 5.77. The third kappa shape index (κ3) is 8.41. The van der Waals surface area contributed by atoms with Crippen LogP contribution in [-0.4, -0.2) is 11.9 Å². The van der Waals surface area contributed by atoms with Gasteiger partial charge in [-0.1, -0.05) is 60.7 Å². The lowest BCUT2D eigenvalue weighted by Crippen LogP contribution is -2.20. The summed E-state index contributed by atoms with van der Waals surface area (Å²) in [5.41, 5.74) is 7.35. The SMILES string of the molecule is O=C(CCCCC(=O)ONCc1ccccc1)ONCc1ccccc1. The third-order valence-corrected chi connectivity index (χ3v) is 3.62. The van der Waals surface area contributed by atoms with E-state index in [-0.39, 0.29) is 24.8 Å². The second kappa shape index (κ2) is 11.8. The van der Waals surface area contributed by atoms with Gasteiger partial charge in [-0.3, -0.25) is 9.59 Å². The quantitative estimate of drug-likeness (QED) is 0.476. The lowest BCUT2D eigenvalue weighted by molar-refractivity contribution is -0.153. The van der Waals surface area contributed by atoms with Crippen LogP contribution in [0.3, 0.4) is 0 Å². The van der Waals surface area contributed by atoms with E-state index in [2.05, 4.69) is 11.0 Å². The van der Waals surface area contributed by atoms with E-state index in [0.29, 0.717) is 25.9 Å². The molecular formula is C20H24N2O4. The Bertz CT molecular complexity index is 603. The van der Waals surface area contributed by atoms with Gasteiger partial charge in [0.15, 0.2) is 0 Å². The summed E-state index contributed by atoms with van der Waals surface area (Å²) in [6.45, 7) is 0.929. The van der Waals surface area contributed by atoms with Crippen molar-refractivity contribution in [2.24, 2.45) is 0 Å². The summed E-state index contributed by atoms with van der Waals surface area (Å²) >= 11 is 0. The molecule has 0 saturated heterocycles. The zero-order valence-electron chi connectivity index (χ0n) is 14.6. The third-order valence-electron chi connectivity index (χ3n) is 3.62. The van der Waals surface area contributed by atoms with Crippen molar-refractivity contribution in [3.8, 4) is 0 Å². The molecule has 0 fully saturated rings. The van der Waals surface area contributed by atoms with Gasteiger partial charge in [0.1, 0.15) is 0 Å². The normalized spacial score (nSPS) is 10.3. The zero-order chi connectivity index (χ0) is 18.5. The van der Waals surface area contributed by atoms with Gasteiger partial charge in [0.05, 0.1) is 13.1 Å². The van der Waals surface area contributed by atoms with Crippen molar-refractivity contribution in [2.45, 2.75) is 38.8 Å². The number of benzene rings is 2. The number of hydrogen-bond acceptors (Lipinski definition) is 6. The van der Waals surface area contributed by atoms with Gasteiger partial charge in [-0.2, -0.15) is 0 Å². The Labute approximate surface area is 153 Å². The summed E-state index contributed by atoms with van der Waals surface area (Å²) in [5, 5.41) is 0. The molecule has 0 unspecified atom stereocenters. The summed E-state index contributed by atoms with van der Waals surface area (Å²) in [6, 6.07) is 19.3. The Kier molecular flexibility index (Phi) is 8.89. The van der Waals surface area contributed by atoms with E-state index in [0.717, 1.165) is 11.1 Å². The molecule has 0 aliphatic heterocycles. The van der Waals surface area contributed by atoms with Crippen LogP contribution in [0.4, 0.5) is 0 Å². The van der Waals surface area contributed by atoms with Crippen molar-refractivity contribution in [1.29, 1.82) is 0 Å². The molecule has 0 amide bonds. The molecule has 0 heterocycles. The fourth-order valence-electron chi connectivity index (χ4n) is 2.23. The highest BCUT2D eigenvalue weighted by Crippen LogP contribution is 2.03. The van der Waals surface area contributed by atoms with Crippen LogP contribution in [0.15, 0.2) is 60.7 Å². The van der Waals surface area contributed by atoms with E-state index in [1.54, 1.807) is 0 Å². The highest BCUT2D eigenvalue weighted by molar-refractivity contribution is 5.70. The van der Waals surface area contributed by atoms with Crippen LogP contribution in [0.1, 0.15) is 36.8 Å². The number of nitrogens with one attached hydrogen (secondary N) is 2. The number of rotatable bonds is 11. The number of carbonyl (C=O) groups excluding carboxylic acids is 2. The standard InChI is InChI=1S/C20H24N2O4/c23-19(25-21-15-17-9-3-1-4-10-17)13-7-8-14-20(24)26-22-16-18-11-5-2-6-12-18/h1-6,9-12,21-22H,7-8,13-16H2. The lowest BCUT2D eigenvalue weighted by Gasteiger charge is -2.07. The Balaban J connectivity index is 1.46. The van der Waals surface area contributed by atoms with Gasteiger partial charge in [-0.15, -0.1) is 11.0 Å². The summed E-state index contributed by atoms with van der Waals surface area (Å²) < 4.78 is 0. The molecule has 2 rings (SSSR count). The van der Waals surface area contributed by atoms with Crippen molar-refractivity contribution < 1.29 is 19.3 Å². The molecule has 0 saturated carbocycles. The molecule has 0 aliphatic rings. The largest absolute Gasteiger partial charge is 0.370 e. The van der Waals surface area contributed by atoms with E-state index in [4.69, 9.17) is 9.68 Å². The van der Waals surface area contributed by atoms with Gasteiger partial charge in [-0.05, 0) is 24.0 Å². The maximum atomic E-state index is 11.6. The Morgan fingerprint density at radius 1 is 0.654 bits per heavy atom. The average molecular weight is 356 g/mol. The first kappa shape index (κ1) is 19.6. The second-order valence-electron chi connectivity index (χ2n) is 5.77. The fraction of sp³-hybridized carbons (Fsp3) is 0.300. The van der Waals surface area contributed by atoms with E-state index in [1.807, 2.05) is 60.7 Å². The molecule has 6 heteroatoms. The number of carbonyl (C=O) groups is 2. The highest BCUT2D eigenvalue weighted by Gasteiger charge is 2.06. The topological polar surface area (TPSA) is 76.7 Å². The molecule has 0 atom stereocenters. The number of unbranched alkanes of at least 4 members (excludes halogenated alkanes) is 1. The highest BCUT2D eigenvalue weighted by atomic mass is 16.7. The minimum Gasteiger partial charge on any atom is -0.370 e. The predicted octanol–water partition coefficient (Wildman–Crippen LogP) is 3.04. The van der Waals surface area contributed by atoms with E-state index < -0.39 is 0 Å². The summed E-state index contributed by atoms with van der Waals surface area (Å²) in [7, 11) is 0. The van der Waals surface area contributed by atoms with Crippen molar-refractivity contribution in [3.05, 3.63) is 71.8 Å². The smallest absolute Gasteiger partial charge is 0.324 e. The molecule has 0 spiro atoms. The molecule has 0 radical (unpaired) electrons. The van der Waals surface area contributed by atoms with Crippen molar-refractivity contribution in [2.75, 3.05) is 0 Å². The average Bonchev–Trinajstić information content (AvgIpc) is 2.67. The molecule has 0 bridgehead atoms. The molecular weight excluding hydrogens is 332 g/mol. The van der Waals surface area contributed by atoms with Crippen LogP contribution in [-0.2, 0) is 32.4 Å². The minimum absolute atomic E-state index is 0.256. The van der Waals surface area contributed by atoms with E-state index in [1.165, 1.54) is 0 Å². The summed E-state index contributed by atoms with van der Waals surface area (Å²) in [5.74, 6) is -0.673. The Morgan fingerprint density at radius 3 is 1.42 bits per heavy atom. The van der Waals surface area contributed by atoms with Crippen molar-refractivity contribution in [1.82, 2.24) is 11.0 Å². The van der Waals surface area contributed by atoms with Gasteiger partial charge in [0.2, 0.25) is 0 Å². The maximum absolute atomic E-state index is 11.6. The summed E-state index contributed by atoms with van der Waals surface area (Å²) in [4.78, 5) is 33.1. The number of hydrogen-bond donors (Lipinski definition) is 2. The molecule has 2 aromatic rings. The maximum Gasteiger partial charge on any atom is 0.324 e. The van der Waals surface area contributed by atoms with Gasteiger partial charge >= 0.3 is 11.9 Å². The first-order valence-corrected chi connectivity index (χ1v) is 8.67. The van der Waals surface area contributed by atoms with E-state index >= 15 is 0 Å². The van der Waals surface area contributed by atoms with Gasteiger partial charge in [0.25, 0.3) is 0 Å². The summed E-state index contributed by atoms with van der Waals surface area (Å²) in [6.07, 6.45) is 1.65. The number of hydroxylamine groups is 2. The van der Waals surface area contributed by atoms with Gasteiger partial charge in [-0.25, -0.2) is 0 Å². The van der Waals surface area contributed by atoms with Gasteiger partial charge < -0.3 is 9.68 Å².